The zero-order valence-corrected chi connectivity index (χ0v) is 19.5. The Kier molecular flexibility index (Phi) is 5.47. The summed E-state index contributed by atoms with van der Waals surface area (Å²) >= 11 is 0. The van der Waals surface area contributed by atoms with E-state index >= 15 is 4.39 Å². The lowest BCUT2D eigenvalue weighted by Crippen LogP contribution is -2.38. The lowest BCUT2D eigenvalue weighted by atomic mass is 10.0. The number of aromatic amines is 1. The van der Waals surface area contributed by atoms with Gasteiger partial charge in [-0.25, -0.2) is 14.2 Å². The molecule has 2 aliphatic carbocycles. The molecule has 12 heteroatoms. The number of imidazole rings is 1. The van der Waals surface area contributed by atoms with Crippen LogP contribution in [-0.4, -0.2) is 74.8 Å². The number of aromatic nitrogens is 5. The molecule has 0 unspecified atom stereocenters. The number of amides is 1. The summed E-state index contributed by atoms with van der Waals surface area (Å²) in [5.41, 5.74) is 1.23. The number of ether oxygens (including phenoxy) is 2. The number of hydrogen-bond donors (Lipinski definition) is 3. The first kappa shape index (κ1) is 22.1. The van der Waals surface area contributed by atoms with Crippen molar-refractivity contribution in [2.45, 2.75) is 56.3 Å². The van der Waals surface area contributed by atoms with Gasteiger partial charge in [-0.1, -0.05) is 0 Å². The molecule has 11 nitrogen and oxygen atoms in total. The highest BCUT2D eigenvalue weighted by Gasteiger charge is 2.43. The van der Waals surface area contributed by atoms with E-state index in [1.54, 1.807) is 12.3 Å². The zero-order valence-electron chi connectivity index (χ0n) is 19.5. The van der Waals surface area contributed by atoms with E-state index < -0.39 is 24.3 Å². The van der Waals surface area contributed by atoms with Crippen molar-refractivity contribution in [2.75, 3.05) is 36.5 Å². The third-order valence-corrected chi connectivity index (χ3v) is 7.11. The number of alkyl carbamates (subject to hydrolysis) is 1. The number of H-pyrrole nitrogens is 1. The van der Waals surface area contributed by atoms with Gasteiger partial charge in [0.15, 0.2) is 5.82 Å². The largest absolute Gasteiger partial charge is 0.443 e. The molecule has 1 aliphatic heterocycles. The Morgan fingerprint density at radius 1 is 1.29 bits per heavy atom. The van der Waals surface area contributed by atoms with Crippen LogP contribution >= 0.6 is 0 Å². The maximum atomic E-state index is 15.2. The summed E-state index contributed by atoms with van der Waals surface area (Å²) in [6.45, 7) is 4.79. The first-order chi connectivity index (χ1) is 17.0. The van der Waals surface area contributed by atoms with Crippen LogP contribution in [0.3, 0.4) is 0 Å². The molecule has 0 radical (unpaired) electrons. The van der Waals surface area contributed by atoms with Crippen molar-refractivity contribution in [3.63, 3.8) is 0 Å². The smallest absolute Gasteiger partial charge is 0.407 e. The van der Waals surface area contributed by atoms with Gasteiger partial charge in [-0.3, -0.25) is 9.50 Å². The van der Waals surface area contributed by atoms with Gasteiger partial charge in [0.2, 0.25) is 5.95 Å². The minimum atomic E-state index is -1.30. The van der Waals surface area contributed by atoms with E-state index in [0.29, 0.717) is 43.5 Å². The van der Waals surface area contributed by atoms with Crippen LogP contribution in [0.2, 0.25) is 0 Å². The molecule has 35 heavy (non-hydrogen) atoms. The van der Waals surface area contributed by atoms with Crippen LogP contribution in [0.5, 0.6) is 0 Å². The highest BCUT2D eigenvalue weighted by Crippen LogP contribution is 2.39. The summed E-state index contributed by atoms with van der Waals surface area (Å²) < 4.78 is 27.9. The van der Waals surface area contributed by atoms with E-state index in [2.05, 4.69) is 30.7 Å². The van der Waals surface area contributed by atoms with Gasteiger partial charge in [0.05, 0.1) is 13.2 Å². The number of anilines is 3. The Morgan fingerprint density at radius 2 is 2.11 bits per heavy atom. The second-order valence-corrected chi connectivity index (χ2v) is 9.78. The highest BCUT2D eigenvalue weighted by molar-refractivity contribution is 5.69. The number of halogens is 1. The van der Waals surface area contributed by atoms with E-state index in [1.165, 1.54) is 0 Å². The lowest BCUT2D eigenvalue weighted by molar-refractivity contribution is 0.0546. The van der Waals surface area contributed by atoms with Crippen LogP contribution in [0.4, 0.5) is 26.8 Å². The van der Waals surface area contributed by atoms with Gasteiger partial charge < -0.3 is 25.0 Å². The quantitative estimate of drug-likeness (QED) is 0.488. The molecule has 3 N–H and O–H groups in total. The van der Waals surface area contributed by atoms with Crippen molar-refractivity contribution in [1.82, 2.24) is 29.9 Å². The molecule has 0 spiro atoms. The fourth-order valence-electron chi connectivity index (χ4n) is 4.76. The first-order valence-electron chi connectivity index (χ1n) is 12.1. The third-order valence-electron chi connectivity index (χ3n) is 7.11. The minimum absolute atomic E-state index is 0.196. The van der Waals surface area contributed by atoms with Gasteiger partial charge in [0.1, 0.15) is 23.7 Å². The second kappa shape index (κ2) is 8.67. The number of nitrogens with zero attached hydrogens (tertiary/aromatic N) is 5. The molecule has 3 aromatic rings. The first-order valence-corrected chi connectivity index (χ1v) is 12.1. The van der Waals surface area contributed by atoms with Gasteiger partial charge in [0.25, 0.3) is 0 Å². The number of hydrogen-bond acceptors (Lipinski definition) is 8. The fraction of sp³-hybridized carbons (Fsp3) is 0.565. The van der Waals surface area contributed by atoms with Crippen LogP contribution in [0, 0.1) is 0 Å². The summed E-state index contributed by atoms with van der Waals surface area (Å²) in [4.78, 5) is 23.5. The molecule has 3 aromatic heterocycles. The molecule has 3 fully saturated rings. The molecule has 0 aromatic carbocycles. The molecule has 3 aliphatic rings. The molecule has 4 heterocycles. The third kappa shape index (κ3) is 4.49. The molecular formula is C23H29FN8O3. The van der Waals surface area contributed by atoms with E-state index in [9.17, 15) is 4.79 Å². The molecule has 3 atom stereocenters. The summed E-state index contributed by atoms with van der Waals surface area (Å²) in [5, 5.41) is 13.4. The topological polar surface area (TPSA) is 122 Å². The molecule has 1 amide bonds. The minimum Gasteiger partial charge on any atom is -0.443 e. The monoisotopic (exact) mass is 484 g/mol. The molecule has 2 saturated carbocycles. The maximum Gasteiger partial charge on any atom is 0.407 e. The zero-order chi connectivity index (χ0) is 24.0. The van der Waals surface area contributed by atoms with Gasteiger partial charge in [-0.15, -0.1) is 0 Å². The van der Waals surface area contributed by atoms with Crippen molar-refractivity contribution in [2.24, 2.45) is 0 Å². The Hall–Kier alpha value is -3.41. The number of alkyl halides is 1. The predicted octanol–water partition coefficient (Wildman–Crippen LogP) is 2.90. The van der Waals surface area contributed by atoms with E-state index in [-0.39, 0.29) is 5.54 Å². The molecule has 6 rings (SSSR count). The number of nitrogens with one attached hydrogen (secondary N) is 3. The van der Waals surface area contributed by atoms with Crippen LogP contribution < -0.4 is 15.5 Å². The normalized spacial score (nSPS) is 25.5. The van der Waals surface area contributed by atoms with E-state index in [1.807, 2.05) is 23.6 Å². The van der Waals surface area contributed by atoms with Crippen LogP contribution in [-0.2, 0) is 9.47 Å². The average Bonchev–Trinajstić information content (AvgIpc) is 3.22. The molecule has 1 saturated heterocycles. The summed E-state index contributed by atoms with van der Waals surface area (Å²) in [6.07, 6.45) is 3.82. The van der Waals surface area contributed by atoms with Crippen LogP contribution in [0.15, 0.2) is 24.5 Å². The van der Waals surface area contributed by atoms with Crippen LogP contribution in [0.25, 0.3) is 5.65 Å². The molecular weight excluding hydrogens is 455 g/mol. The lowest BCUT2D eigenvalue weighted by Gasteiger charge is -2.28. The number of fused-ring (bicyclic) bond motifs is 1. The maximum absolute atomic E-state index is 15.2. The Morgan fingerprint density at radius 3 is 2.91 bits per heavy atom. The second-order valence-electron chi connectivity index (χ2n) is 9.78. The van der Waals surface area contributed by atoms with Crippen molar-refractivity contribution in [1.29, 1.82) is 0 Å². The van der Waals surface area contributed by atoms with Crippen LogP contribution in [0.1, 0.15) is 44.2 Å². The van der Waals surface area contributed by atoms with E-state index in [0.717, 1.165) is 37.4 Å². The average molecular weight is 485 g/mol. The van der Waals surface area contributed by atoms with Crippen molar-refractivity contribution in [3.05, 3.63) is 30.2 Å². The number of morpholine rings is 1. The van der Waals surface area contributed by atoms with Gasteiger partial charge >= 0.3 is 6.09 Å². The van der Waals surface area contributed by atoms with Gasteiger partial charge in [-0.2, -0.15) is 10.1 Å². The summed E-state index contributed by atoms with van der Waals surface area (Å²) in [7, 11) is 0. The molecule has 0 bridgehead atoms. The number of rotatable bonds is 6. The van der Waals surface area contributed by atoms with E-state index in [4.69, 9.17) is 14.5 Å². The number of carbonyl (C=O) groups is 1. The number of carbonyl (C=O) groups excluding carboxylic acids is 1. The summed E-state index contributed by atoms with van der Waals surface area (Å²) in [5.74, 6) is 1.48. The Balaban J connectivity index is 1.15. The highest BCUT2D eigenvalue weighted by atomic mass is 19.1. The predicted molar refractivity (Wildman–Crippen MR) is 126 cm³/mol. The Bertz CT molecular complexity index is 1220. The standard InChI is InChI=1S/C23H29FN8O3/c1-23(4-5-23)28-22(33)35-16-3-2-14(20(16)24)15-12-17(30-29-15)26-21-27-19(31-8-10-34-11-9-31)13-18-25-6-7-32(18)21/h6-7,12-14,16,20H,2-5,8-11H2,1H3,(H,28,33)(H2,26,27,29,30)/t14-,16-,20-/m1/s1. The van der Waals surface area contributed by atoms with Crippen molar-refractivity contribution < 1.29 is 18.7 Å². The SMILES string of the molecule is CC1(NC(=O)O[C@@H]2CC[C@H](c3cc(Nc4nc(N5CCOCC5)cc5nccn45)n[nH]3)[C@H]2F)CC1. The fourth-order valence-corrected chi connectivity index (χ4v) is 4.76. The van der Waals surface area contributed by atoms with Crippen molar-refractivity contribution in [3.8, 4) is 0 Å². The van der Waals surface area contributed by atoms with Crippen molar-refractivity contribution >= 4 is 29.3 Å². The van der Waals surface area contributed by atoms with Gasteiger partial charge in [0, 0.05) is 54.8 Å². The Labute approximate surface area is 201 Å². The summed E-state index contributed by atoms with van der Waals surface area (Å²) in [6, 6.07) is 3.73. The molecule has 186 valence electrons. The van der Waals surface area contributed by atoms with Gasteiger partial charge in [-0.05, 0) is 32.6 Å².